The van der Waals surface area contributed by atoms with Crippen molar-refractivity contribution in [3.63, 3.8) is 0 Å². The summed E-state index contributed by atoms with van der Waals surface area (Å²) in [5.41, 5.74) is 0.827. The molecular weight excluding hydrogens is 562 g/mol. The lowest BCUT2D eigenvalue weighted by molar-refractivity contribution is -0.143. The van der Waals surface area contributed by atoms with Crippen molar-refractivity contribution in [2.75, 3.05) is 127 Å². The number of rotatable bonds is 15. The minimum Gasteiger partial charge on any atom is -0.395 e. The van der Waals surface area contributed by atoms with E-state index in [0.29, 0.717) is 68.0 Å². The summed E-state index contributed by atoms with van der Waals surface area (Å²) < 4.78 is 16.3. The zero-order valence-electron chi connectivity index (χ0n) is 25.4. The topological polar surface area (TPSA) is 170 Å². The van der Waals surface area contributed by atoms with Crippen molar-refractivity contribution >= 4 is 46.4 Å². The number of methoxy groups -OCH3 is 3. The smallest absolute Gasteiger partial charge is 0.248 e. The second kappa shape index (κ2) is 15.3. The molecule has 2 N–H and O–H groups in total. The molecule has 0 atom stereocenters. The molecule has 43 heavy (non-hydrogen) atoms. The molecular formula is C27H43N9O7. The van der Waals surface area contributed by atoms with Crippen LogP contribution in [0.3, 0.4) is 0 Å². The standard InChI is InChI=1S/C27H43N9O7/c1-32-20(39)17-36(18-21(32)40)25-23-22(28-26(31-25)34(9-13-37)10-14-38)24(33-7-5-19(43-4)6-8-33)30-27(29-23)35(11-15-41-2)12-16-42-3/h19,37-38H,5-18H2,1-4H3. The maximum Gasteiger partial charge on any atom is 0.248 e. The molecule has 0 radical (unpaired) electrons. The van der Waals surface area contributed by atoms with Gasteiger partial charge in [-0.15, -0.1) is 0 Å². The van der Waals surface area contributed by atoms with Crippen LogP contribution in [0, 0.1) is 0 Å². The number of imide groups is 1. The van der Waals surface area contributed by atoms with Crippen molar-refractivity contribution in [2.45, 2.75) is 18.9 Å². The molecule has 0 aliphatic carbocycles. The molecule has 0 spiro atoms. The number of aromatic nitrogens is 4. The lowest BCUT2D eigenvalue weighted by Crippen LogP contribution is -2.52. The summed E-state index contributed by atoms with van der Waals surface area (Å²) in [5.74, 6) is 0.779. The van der Waals surface area contributed by atoms with E-state index in [1.165, 1.54) is 7.05 Å². The number of aliphatic hydroxyl groups excluding tert-OH is 2. The summed E-state index contributed by atoms with van der Waals surface area (Å²) in [4.78, 5) is 53.7. The van der Waals surface area contributed by atoms with Crippen LogP contribution in [0.15, 0.2) is 0 Å². The van der Waals surface area contributed by atoms with Gasteiger partial charge in [0.15, 0.2) is 11.6 Å². The first-order chi connectivity index (χ1) is 20.8. The maximum absolute atomic E-state index is 12.8. The van der Waals surface area contributed by atoms with Crippen LogP contribution >= 0.6 is 0 Å². The molecule has 2 fully saturated rings. The highest BCUT2D eigenvalue weighted by atomic mass is 16.5. The summed E-state index contributed by atoms with van der Waals surface area (Å²) in [6.45, 7) is 2.97. The highest BCUT2D eigenvalue weighted by Gasteiger charge is 2.33. The van der Waals surface area contributed by atoms with Crippen molar-refractivity contribution in [1.82, 2.24) is 24.8 Å². The number of carbonyl (C=O) groups excluding carboxylic acids is 2. The van der Waals surface area contributed by atoms with E-state index in [4.69, 9.17) is 34.1 Å². The molecule has 2 aromatic rings. The number of fused-ring (bicyclic) bond motifs is 1. The Morgan fingerprint density at radius 2 is 1.21 bits per heavy atom. The molecule has 2 aromatic heterocycles. The van der Waals surface area contributed by atoms with Gasteiger partial charge in [-0.05, 0) is 12.8 Å². The third-order valence-electron chi connectivity index (χ3n) is 7.69. The minimum atomic E-state index is -0.370. The molecule has 16 nitrogen and oxygen atoms in total. The van der Waals surface area contributed by atoms with E-state index in [2.05, 4.69) is 4.90 Å². The molecule has 4 rings (SSSR count). The van der Waals surface area contributed by atoms with E-state index in [1.807, 2.05) is 4.90 Å². The summed E-state index contributed by atoms with van der Waals surface area (Å²) in [6.07, 6.45) is 1.72. The van der Waals surface area contributed by atoms with Crippen molar-refractivity contribution < 1.29 is 34.0 Å². The van der Waals surface area contributed by atoms with Crippen LogP contribution < -0.4 is 19.6 Å². The number of piperidine rings is 1. The first-order valence-corrected chi connectivity index (χ1v) is 14.5. The third-order valence-corrected chi connectivity index (χ3v) is 7.69. The fraction of sp³-hybridized carbons (Fsp3) is 0.704. The SMILES string of the molecule is COCCN(CCOC)c1nc(N2CCC(OC)CC2)c2nc(N(CCO)CCO)nc(N3CC(=O)N(C)C(=O)C3)c2n1. The molecule has 0 unspecified atom stereocenters. The van der Waals surface area contributed by atoms with Crippen molar-refractivity contribution in [3.8, 4) is 0 Å². The van der Waals surface area contributed by atoms with Gasteiger partial charge in [-0.3, -0.25) is 14.5 Å². The number of ether oxygens (including phenoxy) is 3. The van der Waals surface area contributed by atoms with Gasteiger partial charge >= 0.3 is 0 Å². The Bertz CT molecular complexity index is 1210. The van der Waals surface area contributed by atoms with Crippen LogP contribution in [0.4, 0.5) is 23.5 Å². The molecule has 2 amide bonds. The Labute approximate surface area is 251 Å². The van der Waals surface area contributed by atoms with Gasteiger partial charge in [0.25, 0.3) is 0 Å². The number of hydrogen-bond donors (Lipinski definition) is 2. The average Bonchev–Trinajstić information content (AvgIpc) is 3.02. The molecule has 16 heteroatoms. The molecule has 2 aliphatic rings. The van der Waals surface area contributed by atoms with E-state index in [-0.39, 0.29) is 63.3 Å². The maximum atomic E-state index is 12.8. The van der Waals surface area contributed by atoms with Crippen LogP contribution in [0.25, 0.3) is 11.0 Å². The van der Waals surface area contributed by atoms with E-state index in [9.17, 15) is 19.8 Å². The van der Waals surface area contributed by atoms with E-state index >= 15 is 0 Å². The predicted molar refractivity (Wildman–Crippen MR) is 160 cm³/mol. The number of carbonyl (C=O) groups is 2. The second-order valence-electron chi connectivity index (χ2n) is 10.4. The van der Waals surface area contributed by atoms with Crippen LogP contribution in [0.5, 0.6) is 0 Å². The Morgan fingerprint density at radius 3 is 1.65 bits per heavy atom. The van der Waals surface area contributed by atoms with E-state index < -0.39 is 0 Å². The summed E-state index contributed by atoms with van der Waals surface area (Å²) in [6, 6.07) is 0. The van der Waals surface area contributed by atoms with Gasteiger partial charge in [0.05, 0.1) is 45.6 Å². The van der Waals surface area contributed by atoms with Crippen molar-refractivity contribution in [2.24, 2.45) is 0 Å². The third kappa shape index (κ3) is 7.56. The largest absolute Gasteiger partial charge is 0.395 e. The normalized spacial score (nSPS) is 16.5. The van der Waals surface area contributed by atoms with Gasteiger partial charge in [-0.2, -0.15) is 9.97 Å². The van der Waals surface area contributed by atoms with Crippen LogP contribution in [-0.4, -0.2) is 160 Å². The van der Waals surface area contributed by atoms with Crippen molar-refractivity contribution in [1.29, 1.82) is 0 Å². The Kier molecular flexibility index (Phi) is 11.6. The first kappa shape index (κ1) is 32.5. The highest BCUT2D eigenvalue weighted by molar-refractivity contribution is 6.04. The van der Waals surface area contributed by atoms with Gasteiger partial charge in [0.2, 0.25) is 23.7 Å². The number of nitrogens with zero attached hydrogens (tertiary/aromatic N) is 9. The number of piperazine rings is 1. The van der Waals surface area contributed by atoms with Crippen LogP contribution in [-0.2, 0) is 23.8 Å². The Morgan fingerprint density at radius 1 is 0.744 bits per heavy atom. The van der Waals surface area contributed by atoms with Gasteiger partial charge in [-0.25, -0.2) is 9.97 Å². The molecule has 0 saturated carbocycles. The molecule has 4 heterocycles. The van der Waals surface area contributed by atoms with Gasteiger partial charge in [-0.1, -0.05) is 0 Å². The predicted octanol–water partition coefficient (Wildman–Crippen LogP) is -1.27. The number of hydrogen-bond acceptors (Lipinski definition) is 15. The summed E-state index contributed by atoms with van der Waals surface area (Å²) in [7, 11) is 6.42. The van der Waals surface area contributed by atoms with Gasteiger partial charge in [0.1, 0.15) is 11.0 Å². The van der Waals surface area contributed by atoms with Gasteiger partial charge in [0, 0.05) is 67.6 Å². The van der Waals surface area contributed by atoms with Crippen molar-refractivity contribution in [3.05, 3.63) is 0 Å². The van der Waals surface area contributed by atoms with E-state index in [0.717, 1.165) is 17.7 Å². The molecule has 0 bridgehead atoms. The lowest BCUT2D eigenvalue weighted by atomic mass is 10.1. The number of amides is 2. The Hall–Kier alpha value is -3.44. The lowest BCUT2D eigenvalue weighted by Gasteiger charge is -2.35. The Balaban J connectivity index is 1.96. The van der Waals surface area contributed by atoms with Crippen LogP contribution in [0.2, 0.25) is 0 Å². The fourth-order valence-electron chi connectivity index (χ4n) is 5.14. The van der Waals surface area contributed by atoms with E-state index in [1.54, 1.807) is 31.1 Å². The quantitative estimate of drug-likeness (QED) is 0.230. The number of anilines is 4. The monoisotopic (exact) mass is 605 g/mol. The molecule has 2 aliphatic heterocycles. The summed E-state index contributed by atoms with van der Waals surface area (Å²) >= 11 is 0. The minimum absolute atomic E-state index is 0.0846. The van der Waals surface area contributed by atoms with Gasteiger partial charge < -0.3 is 44.0 Å². The average molecular weight is 606 g/mol. The molecule has 238 valence electrons. The first-order valence-electron chi connectivity index (χ1n) is 14.5. The fourth-order valence-corrected chi connectivity index (χ4v) is 5.14. The number of likely N-dealkylation sites (N-methyl/N-ethyl adjacent to an activating group) is 1. The highest BCUT2D eigenvalue weighted by Crippen LogP contribution is 2.34. The zero-order valence-corrected chi connectivity index (χ0v) is 25.4. The number of aliphatic hydroxyl groups is 2. The zero-order chi connectivity index (χ0) is 30.9. The van der Waals surface area contributed by atoms with Crippen LogP contribution in [0.1, 0.15) is 12.8 Å². The molecule has 0 aromatic carbocycles. The molecule has 2 saturated heterocycles. The second-order valence-corrected chi connectivity index (χ2v) is 10.4. The summed E-state index contributed by atoms with van der Waals surface area (Å²) in [5, 5.41) is 19.5.